The number of allylic oxidation sites excluding steroid dienone is 1. The summed E-state index contributed by atoms with van der Waals surface area (Å²) in [5.41, 5.74) is 13.2. The first kappa shape index (κ1) is 19.5. The number of carbonyl (C=O) groups is 1. The highest BCUT2D eigenvalue weighted by molar-refractivity contribution is 7.19. The largest absolute Gasteiger partial charge is 0.405 e. The van der Waals surface area contributed by atoms with Gasteiger partial charge in [-0.15, -0.1) is 11.3 Å². The third-order valence-corrected chi connectivity index (χ3v) is 5.86. The molecule has 3 aromatic heterocycles. The van der Waals surface area contributed by atoms with Gasteiger partial charge in [0.15, 0.2) is 5.65 Å². The summed E-state index contributed by atoms with van der Waals surface area (Å²) in [7, 11) is 1.80. The number of thiazole rings is 1. The Kier molecular flexibility index (Phi) is 4.92. The summed E-state index contributed by atoms with van der Waals surface area (Å²) in [4.78, 5) is 28.9. The lowest BCUT2D eigenvalue weighted by atomic mass is 10.1. The van der Waals surface area contributed by atoms with E-state index in [0.717, 1.165) is 20.7 Å². The van der Waals surface area contributed by atoms with Crippen LogP contribution in [-0.2, 0) is 20.0 Å². The second-order valence-corrected chi connectivity index (χ2v) is 7.89. The Hall–Kier alpha value is -3.79. The number of amides is 1. The lowest BCUT2D eigenvalue weighted by Gasteiger charge is -2.06. The van der Waals surface area contributed by atoms with E-state index in [1.165, 1.54) is 28.3 Å². The van der Waals surface area contributed by atoms with Gasteiger partial charge in [-0.25, -0.2) is 9.67 Å². The summed E-state index contributed by atoms with van der Waals surface area (Å²) in [6.45, 7) is 0.272. The predicted molar refractivity (Wildman–Crippen MR) is 117 cm³/mol. The zero-order valence-corrected chi connectivity index (χ0v) is 16.9. The number of nitrogens with two attached hydrogens (primary N) is 2. The Bertz CT molecular complexity index is 1380. The maximum Gasteiger partial charge on any atom is 0.291 e. The molecule has 1 aromatic carbocycles. The van der Waals surface area contributed by atoms with Gasteiger partial charge in [-0.1, -0.05) is 12.1 Å². The number of nitrogens with one attached hydrogen (secondary N) is 1. The third-order valence-electron chi connectivity index (χ3n) is 4.78. The van der Waals surface area contributed by atoms with Gasteiger partial charge in [-0.05, 0) is 30.0 Å². The van der Waals surface area contributed by atoms with Gasteiger partial charge < -0.3 is 21.4 Å². The second-order valence-electron chi connectivity index (χ2n) is 6.81. The number of hydrogen-bond acceptors (Lipinski definition) is 7. The van der Waals surface area contributed by atoms with Crippen molar-refractivity contribution in [1.29, 1.82) is 5.41 Å². The fourth-order valence-electron chi connectivity index (χ4n) is 3.31. The van der Waals surface area contributed by atoms with E-state index in [2.05, 4.69) is 10.1 Å². The molecule has 4 aromatic rings. The number of carbonyl (C=O) groups excluding carboxylic acids is 1. The maximum absolute atomic E-state index is 13.1. The molecule has 0 saturated carbocycles. The molecule has 0 atom stereocenters. The minimum atomic E-state index is -0.497. The van der Waals surface area contributed by atoms with E-state index in [1.807, 2.05) is 0 Å². The molecule has 9 nitrogen and oxygen atoms in total. The minimum absolute atomic E-state index is 0.223. The number of aryl methyl sites for hydroxylation is 1. The van der Waals surface area contributed by atoms with E-state index >= 15 is 0 Å². The van der Waals surface area contributed by atoms with E-state index in [-0.39, 0.29) is 12.1 Å². The highest BCUT2D eigenvalue weighted by Gasteiger charge is 2.18. The first-order chi connectivity index (χ1) is 14.4. The molecule has 5 N–H and O–H groups in total. The first-order valence-electron chi connectivity index (χ1n) is 9.07. The molecule has 0 aliphatic carbocycles. The molecule has 0 unspecified atom stereocenters. The fraction of sp³-hybridized carbons (Fsp3) is 0.150. The zero-order valence-electron chi connectivity index (χ0n) is 16.1. The Balaban J connectivity index is 1.72. The fourth-order valence-corrected chi connectivity index (χ4v) is 4.43. The van der Waals surface area contributed by atoms with Crippen LogP contribution in [0.4, 0.5) is 0 Å². The molecule has 30 heavy (non-hydrogen) atoms. The molecular formula is C20H19N7O2S. The van der Waals surface area contributed by atoms with Crippen LogP contribution in [0, 0.1) is 5.41 Å². The summed E-state index contributed by atoms with van der Waals surface area (Å²) in [5, 5.41) is 13.7. The first-order valence-corrected chi connectivity index (χ1v) is 9.89. The number of rotatable bonds is 6. The van der Waals surface area contributed by atoms with Crippen molar-refractivity contribution < 1.29 is 4.79 Å². The van der Waals surface area contributed by atoms with Crippen LogP contribution in [-0.4, -0.2) is 31.0 Å². The molecule has 0 spiro atoms. The van der Waals surface area contributed by atoms with Gasteiger partial charge in [0.2, 0.25) is 5.91 Å². The van der Waals surface area contributed by atoms with E-state index in [4.69, 9.17) is 16.9 Å². The Morgan fingerprint density at radius 3 is 2.70 bits per heavy atom. The molecule has 4 rings (SSSR count). The summed E-state index contributed by atoms with van der Waals surface area (Å²) >= 11 is 1.45. The summed E-state index contributed by atoms with van der Waals surface area (Å²) in [5.74, 6) is -0.497. The summed E-state index contributed by atoms with van der Waals surface area (Å²) < 4.78 is 4.02. The van der Waals surface area contributed by atoms with Gasteiger partial charge in [0.25, 0.3) is 5.56 Å². The van der Waals surface area contributed by atoms with Crippen molar-refractivity contribution in [3.8, 4) is 0 Å². The van der Waals surface area contributed by atoms with Gasteiger partial charge in [0.1, 0.15) is 10.5 Å². The lowest BCUT2D eigenvalue weighted by molar-refractivity contribution is 0.100. The SMILES string of the molecule is Cn1c2nc(CC(=N)/C=C\N)sc2c2cnn(Cc3ccc(C(N)=O)cc3)c(=O)c21. The molecule has 0 aliphatic heterocycles. The topological polar surface area (TPSA) is 146 Å². The molecular weight excluding hydrogens is 402 g/mol. The van der Waals surface area contributed by atoms with Crippen LogP contribution in [0.25, 0.3) is 21.3 Å². The molecule has 3 heterocycles. The van der Waals surface area contributed by atoms with Crippen molar-refractivity contribution in [3.05, 3.63) is 69.2 Å². The highest BCUT2D eigenvalue weighted by Crippen LogP contribution is 2.31. The predicted octanol–water partition coefficient (Wildman–Crippen LogP) is 1.53. The highest BCUT2D eigenvalue weighted by atomic mass is 32.1. The summed E-state index contributed by atoms with van der Waals surface area (Å²) in [6, 6.07) is 6.76. The van der Waals surface area contributed by atoms with Crippen LogP contribution in [0.1, 0.15) is 20.9 Å². The van der Waals surface area contributed by atoms with Crippen molar-refractivity contribution in [2.75, 3.05) is 0 Å². The average molecular weight is 421 g/mol. The van der Waals surface area contributed by atoms with Crippen molar-refractivity contribution in [3.63, 3.8) is 0 Å². The Labute approximate surface area is 174 Å². The van der Waals surface area contributed by atoms with Crippen LogP contribution < -0.4 is 17.0 Å². The second kappa shape index (κ2) is 7.56. The maximum atomic E-state index is 13.1. The van der Waals surface area contributed by atoms with Crippen molar-refractivity contribution in [1.82, 2.24) is 19.3 Å². The summed E-state index contributed by atoms with van der Waals surface area (Å²) in [6.07, 6.45) is 4.91. The number of nitrogens with zero attached hydrogens (tertiary/aromatic N) is 4. The van der Waals surface area contributed by atoms with Gasteiger partial charge in [-0.2, -0.15) is 5.10 Å². The van der Waals surface area contributed by atoms with Crippen molar-refractivity contribution in [2.24, 2.45) is 18.5 Å². The van der Waals surface area contributed by atoms with Gasteiger partial charge in [0, 0.05) is 30.1 Å². The van der Waals surface area contributed by atoms with Crippen LogP contribution in [0.15, 0.2) is 47.5 Å². The van der Waals surface area contributed by atoms with Crippen LogP contribution in [0.2, 0.25) is 0 Å². The Morgan fingerprint density at radius 1 is 1.30 bits per heavy atom. The minimum Gasteiger partial charge on any atom is -0.405 e. The average Bonchev–Trinajstić information content (AvgIpc) is 3.23. The molecule has 0 aliphatic rings. The van der Waals surface area contributed by atoms with E-state index in [9.17, 15) is 9.59 Å². The van der Waals surface area contributed by atoms with Crippen LogP contribution >= 0.6 is 11.3 Å². The van der Waals surface area contributed by atoms with Gasteiger partial charge >= 0.3 is 0 Å². The molecule has 10 heteroatoms. The zero-order chi connectivity index (χ0) is 21.4. The monoisotopic (exact) mass is 421 g/mol. The molecule has 0 bridgehead atoms. The Morgan fingerprint density at radius 2 is 2.03 bits per heavy atom. The molecule has 0 saturated heterocycles. The van der Waals surface area contributed by atoms with E-state index in [1.54, 1.807) is 42.1 Å². The van der Waals surface area contributed by atoms with E-state index in [0.29, 0.717) is 28.9 Å². The number of benzene rings is 1. The lowest BCUT2D eigenvalue weighted by Crippen LogP contribution is -2.24. The number of primary amides is 1. The van der Waals surface area contributed by atoms with Crippen LogP contribution in [0.5, 0.6) is 0 Å². The molecule has 1 amide bonds. The molecule has 0 fully saturated rings. The number of fused-ring (bicyclic) bond motifs is 3. The normalized spacial score (nSPS) is 11.6. The van der Waals surface area contributed by atoms with Crippen LogP contribution in [0.3, 0.4) is 0 Å². The number of aromatic nitrogens is 4. The number of hydrogen-bond donors (Lipinski definition) is 3. The third kappa shape index (κ3) is 3.37. The molecule has 152 valence electrons. The van der Waals surface area contributed by atoms with Gasteiger partial charge in [-0.3, -0.25) is 9.59 Å². The van der Waals surface area contributed by atoms with Gasteiger partial charge in [0.05, 0.1) is 17.4 Å². The standard InChI is InChI=1S/C20H19N7O2S/c1-26-16-14(17-19(26)25-15(30-17)8-13(22)6-7-21)9-24-27(20(16)29)10-11-2-4-12(5-3-11)18(23)28/h2-7,9,22H,8,10,21H2,1H3,(H2,23,28)/b7-6-,22-13?. The molecule has 0 radical (unpaired) electrons. The van der Waals surface area contributed by atoms with Crippen molar-refractivity contribution in [2.45, 2.75) is 13.0 Å². The quantitative estimate of drug-likeness (QED) is 0.404. The van der Waals surface area contributed by atoms with Crippen molar-refractivity contribution >= 4 is 44.2 Å². The van der Waals surface area contributed by atoms with E-state index < -0.39 is 5.91 Å². The smallest absolute Gasteiger partial charge is 0.291 e.